The van der Waals surface area contributed by atoms with Crippen LogP contribution in [0.3, 0.4) is 0 Å². The van der Waals surface area contributed by atoms with E-state index in [0.717, 1.165) is 24.8 Å². The maximum Gasteiger partial charge on any atom is 0.295 e. The fourth-order valence-corrected chi connectivity index (χ4v) is 4.58. The van der Waals surface area contributed by atoms with E-state index in [0.29, 0.717) is 40.9 Å². The molecule has 1 fully saturated rings. The summed E-state index contributed by atoms with van der Waals surface area (Å²) in [6.07, 6.45) is 6.34. The smallest absolute Gasteiger partial charge is 0.295 e. The highest BCUT2D eigenvalue weighted by molar-refractivity contribution is 6.46. The molecule has 1 amide bonds. The summed E-state index contributed by atoms with van der Waals surface area (Å²) in [6, 6.07) is 14.6. The molecule has 0 spiro atoms. The molecule has 38 heavy (non-hydrogen) atoms. The minimum absolute atomic E-state index is 0.00504. The van der Waals surface area contributed by atoms with Crippen LogP contribution in [-0.4, -0.2) is 39.9 Å². The van der Waals surface area contributed by atoms with E-state index in [-0.39, 0.29) is 17.9 Å². The van der Waals surface area contributed by atoms with Crippen LogP contribution in [0.4, 0.5) is 0 Å². The van der Waals surface area contributed by atoms with Gasteiger partial charge in [-0.05, 0) is 73.0 Å². The Morgan fingerprint density at radius 3 is 2.39 bits per heavy atom. The average Bonchev–Trinajstić information content (AvgIpc) is 3.17. The lowest BCUT2D eigenvalue weighted by Crippen LogP contribution is -2.29. The van der Waals surface area contributed by atoms with Gasteiger partial charge in [-0.2, -0.15) is 0 Å². The van der Waals surface area contributed by atoms with Gasteiger partial charge >= 0.3 is 0 Å². The summed E-state index contributed by atoms with van der Waals surface area (Å²) in [5.41, 5.74) is 1.82. The lowest BCUT2D eigenvalue weighted by atomic mass is 9.95. The summed E-state index contributed by atoms with van der Waals surface area (Å²) in [5, 5.41) is 11.8. The van der Waals surface area contributed by atoms with Crippen molar-refractivity contribution in [3.63, 3.8) is 0 Å². The summed E-state index contributed by atoms with van der Waals surface area (Å²) < 4.78 is 11.9. The summed E-state index contributed by atoms with van der Waals surface area (Å²) in [7, 11) is 0. The Bertz CT molecular complexity index is 1310. The first kappa shape index (κ1) is 27.2. The number of hydrogen-bond donors (Lipinski definition) is 1. The maximum absolute atomic E-state index is 13.3. The standard InChI is InChI=1S/C30H31ClN2O5/c1-3-5-6-17-38-24-12-9-22(18-25(24)37-4-2)27-26(28(34)21-7-10-23(31)11-8-21)29(35)30(36)33(27)19-20-13-15-32-16-14-20/h7-16,18,27,34H,3-6,17,19H2,1-2H3/b28-26+. The van der Waals surface area contributed by atoms with Crippen LogP contribution in [0.2, 0.25) is 5.02 Å². The molecule has 0 bridgehead atoms. The van der Waals surface area contributed by atoms with Crippen molar-refractivity contribution in [1.82, 2.24) is 9.88 Å². The number of aliphatic hydroxyl groups excluding tert-OH is 1. The van der Waals surface area contributed by atoms with Crippen LogP contribution in [0.25, 0.3) is 5.76 Å². The van der Waals surface area contributed by atoms with Crippen molar-refractivity contribution in [3.05, 3.63) is 94.3 Å². The Morgan fingerprint density at radius 2 is 1.71 bits per heavy atom. The zero-order valence-electron chi connectivity index (χ0n) is 21.5. The average molecular weight is 535 g/mol. The monoisotopic (exact) mass is 534 g/mol. The molecule has 2 heterocycles. The van der Waals surface area contributed by atoms with E-state index in [4.69, 9.17) is 21.1 Å². The third-order valence-electron chi connectivity index (χ3n) is 6.35. The van der Waals surface area contributed by atoms with Gasteiger partial charge in [-0.3, -0.25) is 14.6 Å². The summed E-state index contributed by atoms with van der Waals surface area (Å²) in [5.74, 6) is -0.604. The lowest BCUT2D eigenvalue weighted by molar-refractivity contribution is -0.140. The number of nitrogens with zero attached hydrogens (tertiary/aromatic N) is 2. The van der Waals surface area contributed by atoms with Crippen LogP contribution in [-0.2, 0) is 16.1 Å². The zero-order valence-corrected chi connectivity index (χ0v) is 22.3. The highest BCUT2D eigenvalue weighted by Gasteiger charge is 2.46. The Kier molecular flexibility index (Phi) is 9.02. The highest BCUT2D eigenvalue weighted by Crippen LogP contribution is 2.43. The predicted molar refractivity (Wildman–Crippen MR) is 146 cm³/mol. The fraction of sp³-hybridized carbons (Fsp3) is 0.300. The van der Waals surface area contributed by atoms with Gasteiger partial charge in [0.1, 0.15) is 5.76 Å². The molecule has 4 rings (SSSR count). The second kappa shape index (κ2) is 12.6. The van der Waals surface area contributed by atoms with Crippen LogP contribution in [0, 0.1) is 0 Å². The van der Waals surface area contributed by atoms with E-state index >= 15 is 0 Å². The molecule has 2 aromatic carbocycles. The number of benzene rings is 2. The Balaban J connectivity index is 1.80. The highest BCUT2D eigenvalue weighted by atomic mass is 35.5. The van der Waals surface area contributed by atoms with Crippen molar-refractivity contribution < 1.29 is 24.2 Å². The van der Waals surface area contributed by atoms with Gasteiger partial charge in [-0.25, -0.2) is 0 Å². The number of amides is 1. The molecule has 1 N–H and O–H groups in total. The van der Waals surface area contributed by atoms with Gasteiger partial charge in [-0.15, -0.1) is 0 Å². The molecule has 8 heteroatoms. The quantitative estimate of drug-likeness (QED) is 0.134. The molecule has 1 aromatic heterocycles. The summed E-state index contributed by atoms with van der Waals surface area (Å²) in [6.45, 7) is 5.14. The van der Waals surface area contributed by atoms with E-state index in [2.05, 4.69) is 11.9 Å². The second-order valence-electron chi connectivity index (χ2n) is 8.98. The van der Waals surface area contributed by atoms with Gasteiger partial charge < -0.3 is 19.5 Å². The Labute approximate surface area is 227 Å². The molecule has 7 nitrogen and oxygen atoms in total. The number of Topliss-reactive ketones (excluding diaryl/α,β-unsaturated/α-hetero) is 1. The number of ketones is 1. The SMILES string of the molecule is CCCCCOc1ccc(C2/C(=C(\O)c3ccc(Cl)cc3)C(=O)C(=O)N2Cc2ccncc2)cc1OCC. The number of rotatable bonds is 11. The van der Waals surface area contributed by atoms with E-state index < -0.39 is 17.7 Å². The molecule has 0 radical (unpaired) electrons. The first-order chi connectivity index (χ1) is 18.4. The minimum Gasteiger partial charge on any atom is -0.507 e. The number of aliphatic hydroxyl groups is 1. The number of pyridine rings is 1. The number of hydrogen-bond acceptors (Lipinski definition) is 6. The Hall–Kier alpha value is -3.84. The largest absolute Gasteiger partial charge is 0.507 e. The first-order valence-corrected chi connectivity index (χ1v) is 13.1. The zero-order chi connectivity index (χ0) is 27.1. The fourth-order valence-electron chi connectivity index (χ4n) is 4.45. The molecule has 198 valence electrons. The van der Waals surface area contributed by atoms with E-state index in [1.54, 1.807) is 60.9 Å². The number of likely N-dealkylation sites (tertiary alicyclic amines) is 1. The van der Waals surface area contributed by atoms with Crippen molar-refractivity contribution in [1.29, 1.82) is 0 Å². The lowest BCUT2D eigenvalue weighted by Gasteiger charge is -2.26. The van der Waals surface area contributed by atoms with Crippen LogP contribution < -0.4 is 9.47 Å². The Morgan fingerprint density at radius 1 is 0.974 bits per heavy atom. The molecular weight excluding hydrogens is 504 g/mol. The van der Waals surface area contributed by atoms with Gasteiger partial charge in [0.15, 0.2) is 11.5 Å². The van der Waals surface area contributed by atoms with Crippen molar-refractivity contribution in [2.45, 2.75) is 45.7 Å². The summed E-state index contributed by atoms with van der Waals surface area (Å²) >= 11 is 6.02. The van der Waals surface area contributed by atoms with Crippen LogP contribution in [0.15, 0.2) is 72.6 Å². The van der Waals surface area contributed by atoms with Gasteiger partial charge in [0, 0.05) is 29.5 Å². The second-order valence-corrected chi connectivity index (χ2v) is 9.42. The third kappa shape index (κ3) is 6.00. The molecule has 1 aliphatic heterocycles. The van der Waals surface area contributed by atoms with Crippen molar-refractivity contribution in [2.75, 3.05) is 13.2 Å². The maximum atomic E-state index is 13.3. The predicted octanol–water partition coefficient (Wildman–Crippen LogP) is 6.32. The number of aromatic nitrogens is 1. The van der Waals surface area contributed by atoms with Gasteiger partial charge in [0.25, 0.3) is 11.7 Å². The molecule has 1 atom stereocenters. The molecule has 3 aromatic rings. The number of carbonyl (C=O) groups excluding carboxylic acids is 2. The molecule has 0 saturated carbocycles. The van der Waals surface area contributed by atoms with E-state index in [9.17, 15) is 14.7 Å². The number of halogens is 1. The number of carbonyl (C=O) groups is 2. The van der Waals surface area contributed by atoms with Crippen LogP contribution in [0.1, 0.15) is 55.8 Å². The number of unbranched alkanes of at least 4 members (excludes halogenated alkanes) is 2. The molecule has 1 aliphatic rings. The van der Waals surface area contributed by atoms with Crippen molar-refractivity contribution in [2.24, 2.45) is 0 Å². The van der Waals surface area contributed by atoms with Crippen LogP contribution in [0.5, 0.6) is 11.5 Å². The molecule has 0 aliphatic carbocycles. The topological polar surface area (TPSA) is 89.0 Å². The molecule has 1 unspecified atom stereocenters. The first-order valence-electron chi connectivity index (χ1n) is 12.8. The normalized spacial score (nSPS) is 16.6. The third-order valence-corrected chi connectivity index (χ3v) is 6.60. The van der Waals surface area contributed by atoms with Crippen molar-refractivity contribution >= 4 is 29.1 Å². The van der Waals surface area contributed by atoms with Gasteiger partial charge in [0.2, 0.25) is 0 Å². The number of ether oxygens (including phenoxy) is 2. The van der Waals surface area contributed by atoms with Gasteiger partial charge in [-0.1, -0.05) is 37.4 Å². The molecule has 1 saturated heterocycles. The van der Waals surface area contributed by atoms with E-state index in [1.807, 2.05) is 13.0 Å². The van der Waals surface area contributed by atoms with Crippen molar-refractivity contribution in [3.8, 4) is 11.5 Å². The summed E-state index contributed by atoms with van der Waals surface area (Å²) in [4.78, 5) is 32.2. The molecular formula is C30H31ClN2O5. The minimum atomic E-state index is -0.841. The van der Waals surface area contributed by atoms with Gasteiger partial charge in [0.05, 0.1) is 24.8 Å². The van der Waals surface area contributed by atoms with Crippen LogP contribution >= 0.6 is 11.6 Å². The van der Waals surface area contributed by atoms with E-state index in [1.165, 1.54) is 4.90 Å².